The predicted octanol–water partition coefficient (Wildman–Crippen LogP) is 1.65. The summed E-state index contributed by atoms with van der Waals surface area (Å²) < 4.78 is 40.1. The number of ether oxygens (including phenoxy) is 2. The van der Waals surface area contributed by atoms with Gasteiger partial charge in [0.25, 0.3) is 5.89 Å². The fourth-order valence-corrected chi connectivity index (χ4v) is 2.99. The van der Waals surface area contributed by atoms with E-state index in [0.29, 0.717) is 11.3 Å². The van der Waals surface area contributed by atoms with E-state index < -0.39 is 22.1 Å². The van der Waals surface area contributed by atoms with Gasteiger partial charge in [-0.15, -0.1) is 10.2 Å². The maximum atomic E-state index is 12.4. The molecule has 0 aliphatic rings. The summed E-state index contributed by atoms with van der Waals surface area (Å²) in [7, 11) is -0.861. The van der Waals surface area contributed by atoms with Crippen molar-refractivity contribution in [2.45, 2.75) is 17.9 Å². The summed E-state index contributed by atoms with van der Waals surface area (Å²) >= 11 is 0. The Kier molecular flexibility index (Phi) is 5.21. The maximum Gasteiger partial charge on any atom is 0.355 e. The SMILES string of the molecule is COc1ccc(-c2nnc([C@H](C)OC(=O)c3cc(S(N)(=O)=O)cn3C)o2)cc1. The molecular weight excluding hydrogens is 388 g/mol. The van der Waals surface area contributed by atoms with E-state index in [0.717, 1.165) is 6.07 Å². The first-order valence-corrected chi connectivity index (χ1v) is 9.61. The van der Waals surface area contributed by atoms with Crippen LogP contribution in [-0.4, -0.2) is 36.3 Å². The number of hydrogen-bond acceptors (Lipinski definition) is 8. The number of nitrogens with zero attached hydrogens (tertiary/aromatic N) is 3. The summed E-state index contributed by atoms with van der Waals surface area (Å²) in [6.45, 7) is 1.56. The quantitative estimate of drug-likeness (QED) is 0.610. The Balaban J connectivity index is 1.74. The molecule has 0 saturated heterocycles. The fraction of sp³-hybridized carbons (Fsp3) is 0.235. The summed E-state index contributed by atoms with van der Waals surface area (Å²) in [5.74, 6) is 0.289. The van der Waals surface area contributed by atoms with Crippen LogP contribution in [0.4, 0.5) is 0 Å². The van der Waals surface area contributed by atoms with Gasteiger partial charge in [-0.2, -0.15) is 0 Å². The van der Waals surface area contributed by atoms with E-state index in [1.165, 1.54) is 17.8 Å². The lowest BCUT2D eigenvalue weighted by Crippen LogP contribution is -2.13. The highest BCUT2D eigenvalue weighted by molar-refractivity contribution is 7.89. The first-order chi connectivity index (χ1) is 13.2. The van der Waals surface area contributed by atoms with Crippen molar-refractivity contribution >= 4 is 16.0 Å². The molecule has 0 bridgehead atoms. The molecule has 2 heterocycles. The van der Waals surface area contributed by atoms with Gasteiger partial charge in [-0.25, -0.2) is 18.4 Å². The van der Waals surface area contributed by atoms with Gasteiger partial charge in [0, 0.05) is 18.8 Å². The normalized spacial score (nSPS) is 12.6. The first kappa shape index (κ1) is 19.6. The molecule has 0 amide bonds. The van der Waals surface area contributed by atoms with Crippen LogP contribution in [0.15, 0.2) is 45.8 Å². The van der Waals surface area contributed by atoms with Crippen LogP contribution in [-0.2, 0) is 21.8 Å². The molecule has 1 atom stereocenters. The van der Waals surface area contributed by atoms with Gasteiger partial charge in [0.15, 0.2) is 6.10 Å². The molecule has 148 valence electrons. The first-order valence-electron chi connectivity index (χ1n) is 8.07. The van der Waals surface area contributed by atoms with Crippen LogP contribution in [0.25, 0.3) is 11.5 Å². The largest absolute Gasteiger partial charge is 0.497 e. The van der Waals surface area contributed by atoms with Gasteiger partial charge in [0.2, 0.25) is 15.9 Å². The van der Waals surface area contributed by atoms with Crippen LogP contribution in [0.1, 0.15) is 29.4 Å². The zero-order chi connectivity index (χ0) is 20.5. The fourth-order valence-electron chi connectivity index (χ4n) is 2.41. The maximum absolute atomic E-state index is 12.4. The summed E-state index contributed by atoms with van der Waals surface area (Å²) in [6.07, 6.45) is 0.380. The molecule has 0 radical (unpaired) electrons. The molecule has 0 unspecified atom stereocenters. The number of carbonyl (C=O) groups excluding carboxylic acids is 1. The minimum absolute atomic E-state index is 0.0192. The topological polar surface area (TPSA) is 140 Å². The molecule has 3 rings (SSSR count). The van der Waals surface area contributed by atoms with E-state index in [1.54, 1.807) is 38.3 Å². The van der Waals surface area contributed by atoms with Crippen molar-refractivity contribution in [3.63, 3.8) is 0 Å². The molecule has 2 aromatic heterocycles. The molecule has 10 nitrogen and oxygen atoms in total. The highest BCUT2D eigenvalue weighted by Crippen LogP contribution is 2.25. The van der Waals surface area contributed by atoms with Crippen LogP contribution in [0.2, 0.25) is 0 Å². The summed E-state index contributed by atoms with van der Waals surface area (Å²) in [4.78, 5) is 12.2. The average molecular weight is 406 g/mol. The van der Waals surface area contributed by atoms with Crippen LogP contribution >= 0.6 is 0 Å². The number of esters is 1. The third-order valence-electron chi connectivity index (χ3n) is 3.93. The Bertz CT molecular complexity index is 1100. The Labute approximate surface area is 160 Å². The van der Waals surface area contributed by atoms with Crippen molar-refractivity contribution in [3.05, 3.63) is 48.1 Å². The number of primary sulfonamides is 1. The molecule has 0 saturated carbocycles. The van der Waals surface area contributed by atoms with Crippen LogP contribution in [0.3, 0.4) is 0 Å². The van der Waals surface area contributed by atoms with Crippen molar-refractivity contribution in [1.82, 2.24) is 14.8 Å². The van der Waals surface area contributed by atoms with E-state index in [9.17, 15) is 13.2 Å². The predicted molar refractivity (Wildman–Crippen MR) is 96.9 cm³/mol. The molecule has 1 aromatic carbocycles. The molecule has 0 aliphatic heterocycles. The number of rotatable bonds is 6. The van der Waals surface area contributed by atoms with E-state index >= 15 is 0 Å². The molecule has 0 spiro atoms. The summed E-state index contributed by atoms with van der Waals surface area (Å²) in [6, 6.07) is 8.15. The second-order valence-corrected chi connectivity index (χ2v) is 7.50. The minimum atomic E-state index is -3.93. The number of nitrogens with two attached hydrogens (primary N) is 1. The molecule has 11 heteroatoms. The van der Waals surface area contributed by atoms with Gasteiger partial charge in [0.05, 0.1) is 7.11 Å². The van der Waals surface area contributed by atoms with Crippen LogP contribution < -0.4 is 9.88 Å². The number of methoxy groups -OCH3 is 1. The Morgan fingerprint density at radius 1 is 1.25 bits per heavy atom. The van der Waals surface area contributed by atoms with Crippen molar-refractivity contribution in [2.75, 3.05) is 7.11 Å². The van der Waals surface area contributed by atoms with Gasteiger partial charge in [-0.3, -0.25) is 0 Å². The van der Waals surface area contributed by atoms with Gasteiger partial charge in [-0.1, -0.05) is 0 Å². The second kappa shape index (κ2) is 7.44. The van der Waals surface area contributed by atoms with Gasteiger partial charge < -0.3 is 18.5 Å². The average Bonchev–Trinajstić information content (AvgIpc) is 3.28. The zero-order valence-electron chi connectivity index (χ0n) is 15.3. The third-order valence-corrected chi connectivity index (χ3v) is 4.81. The van der Waals surface area contributed by atoms with E-state index in [2.05, 4.69) is 10.2 Å². The van der Waals surface area contributed by atoms with Crippen molar-refractivity contribution in [1.29, 1.82) is 0 Å². The van der Waals surface area contributed by atoms with E-state index in [4.69, 9.17) is 19.0 Å². The lowest BCUT2D eigenvalue weighted by atomic mass is 10.2. The van der Waals surface area contributed by atoms with E-state index in [1.807, 2.05) is 0 Å². The number of sulfonamides is 1. The Morgan fingerprint density at radius 3 is 2.50 bits per heavy atom. The zero-order valence-corrected chi connectivity index (χ0v) is 16.1. The standard InChI is InChI=1S/C17H18N4O6S/c1-10(26-17(22)14-8-13(9-21(14)2)28(18,23)24)15-19-20-16(27-15)11-4-6-12(25-3)7-5-11/h4-10H,1-3H3,(H2,18,23,24)/t10-/m0/s1. The molecule has 2 N–H and O–H groups in total. The van der Waals surface area contributed by atoms with Gasteiger partial charge in [-0.05, 0) is 37.3 Å². The Morgan fingerprint density at radius 2 is 1.93 bits per heavy atom. The number of carbonyl (C=O) groups is 1. The number of aromatic nitrogens is 3. The molecular formula is C17H18N4O6S. The highest BCUT2D eigenvalue weighted by Gasteiger charge is 2.23. The lowest BCUT2D eigenvalue weighted by Gasteiger charge is -2.09. The van der Waals surface area contributed by atoms with Crippen molar-refractivity contribution < 1.29 is 27.1 Å². The van der Waals surface area contributed by atoms with Crippen molar-refractivity contribution in [3.8, 4) is 17.2 Å². The smallest absolute Gasteiger partial charge is 0.355 e. The summed E-state index contributed by atoms with van der Waals surface area (Å²) in [5.41, 5.74) is 0.698. The molecule has 3 aromatic rings. The molecule has 0 fully saturated rings. The minimum Gasteiger partial charge on any atom is -0.497 e. The van der Waals surface area contributed by atoms with Gasteiger partial charge >= 0.3 is 5.97 Å². The number of benzene rings is 1. The monoisotopic (exact) mass is 406 g/mol. The lowest BCUT2D eigenvalue weighted by molar-refractivity contribution is 0.0269. The number of aryl methyl sites for hydroxylation is 1. The number of hydrogen-bond donors (Lipinski definition) is 1. The molecule has 0 aliphatic carbocycles. The second-order valence-electron chi connectivity index (χ2n) is 5.94. The summed E-state index contributed by atoms with van der Waals surface area (Å²) in [5, 5.41) is 12.9. The van der Waals surface area contributed by atoms with Crippen LogP contribution in [0, 0.1) is 0 Å². The molecule has 28 heavy (non-hydrogen) atoms. The third kappa shape index (κ3) is 4.05. The Hall–Kier alpha value is -3.18. The van der Waals surface area contributed by atoms with Gasteiger partial charge in [0.1, 0.15) is 16.3 Å². The van der Waals surface area contributed by atoms with E-state index in [-0.39, 0.29) is 22.4 Å². The van der Waals surface area contributed by atoms with Crippen molar-refractivity contribution in [2.24, 2.45) is 12.2 Å². The van der Waals surface area contributed by atoms with Crippen LogP contribution in [0.5, 0.6) is 5.75 Å². The highest BCUT2D eigenvalue weighted by atomic mass is 32.2.